The molecule has 0 bridgehead atoms. The average Bonchev–Trinajstić information content (AvgIpc) is 3.04. The van der Waals surface area contributed by atoms with Gasteiger partial charge < -0.3 is 5.11 Å². The van der Waals surface area contributed by atoms with Gasteiger partial charge in [-0.3, -0.25) is 0 Å². The zero-order valence-electron chi connectivity index (χ0n) is 20.1. The third-order valence-electron chi connectivity index (χ3n) is 10.8. The molecule has 0 aromatic carbocycles. The molecule has 0 radical (unpaired) electrons. The minimum Gasteiger partial charge on any atom is -0.392 e. The second kappa shape index (κ2) is 8.33. The van der Waals surface area contributed by atoms with Crippen LogP contribution in [0, 0.1) is 52.3 Å². The van der Waals surface area contributed by atoms with Crippen LogP contribution >= 0.6 is 0 Å². The SMILES string of the molecule is CC(C)CCCC(C)C1CCC2C3CCC4CC=C(CO)CC4(C)C3CCC12C. The number of aliphatic hydroxyl groups excluding tert-OH is 1. The van der Waals surface area contributed by atoms with E-state index in [9.17, 15) is 5.11 Å². The van der Waals surface area contributed by atoms with Gasteiger partial charge in [-0.2, -0.15) is 0 Å². The van der Waals surface area contributed by atoms with Gasteiger partial charge in [0.05, 0.1) is 6.61 Å². The summed E-state index contributed by atoms with van der Waals surface area (Å²) in [6.45, 7) is 12.9. The lowest BCUT2D eigenvalue weighted by Crippen LogP contribution is -2.53. The zero-order chi connectivity index (χ0) is 20.8. The smallest absolute Gasteiger partial charge is 0.0641 e. The van der Waals surface area contributed by atoms with Gasteiger partial charge >= 0.3 is 0 Å². The van der Waals surface area contributed by atoms with E-state index in [1.54, 1.807) is 0 Å². The molecule has 0 aromatic heterocycles. The first-order valence-electron chi connectivity index (χ1n) is 13.1. The first-order chi connectivity index (χ1) is 13.8. The Morgan fingerprint density at radius 1 is 0.966 bits per heavy atom. The normalized spacial score (nSPS) is 45.3. The molecule has 29 heavy (non-hydrogen) atoms. The fraction of sp³-hybridized carbons (Fsp3) is 0.929. The van der Waals surface area contributed by atoms with Crippen molar-refractivity contribution in [3.8, 4) is 0 Å². The summed E-state index contributed by atoms with van der Waals surface area (Å²) in [4.78, 5) is 0. The van der Waals surface area contributed by atoms with E-state index in [1.807, 2.05) is 0 Å². The third kappa shape index (κ3) is 3.77. The standard InChI is InChI=1S/C28H48O/c1-19(2)7-6-8-20(3)24-13-14-25-23-12-11-22-10-9-21(18-29)17-28(22,5)26(23)15-16-27(24,25)4/h9,19-20,22-26,29H,6-8,10-18H2,1-5H3. The molecule has 4 aliphatic carbocycles. The Bertz CT molecular complexity index is 605. The lowest BCUT2D eigenvalue weighted by molar-refractivity contribution is -0.103. The number of hydrogen-bond donors (Lipinski definition) is 1. The number of fused-ring (bicyclic) bond motifs is 5. The number of aliphatic hydroxyl groups is 1. The molecule has 4 rings (SSSR count). The zero-order valence-corrected chi connectivity index (χ0v) is 20.1. The van der Waals surface area contributed by atoms with Crippen LogP contribution in [0.5, 0.6) is 0 Å². The van der Waals surface area contributed by atoms with Gasteiger partial charge in [0, 0.05) is 0 Å². The Balaban J connectivity index is 1.48. The lowest BCUT2D eigenvalue weighted by Gasteiger charge is -2.60. The summed E-state index contributed by atoms with van der Waals surface area (Å²) in [6, 6.07) is 0. The molecular weight excluding hydrogens is 352 g/mol. The highest BCUT2D eigenvalue weighted by Crippen LogP contribution is 2.68. The fourth-order valence-corrected chi connectivity index (χ4v) is 9.21. The van der Waals surface area contributed by atoms with Crippen LogP contribution in [0.15, 0.2) is 11.6 Å². The van der Waals surface area contributed by atoms with Crippen molar-refractivity contribution in [1.82, 2.24) is 0 Å². The number of rotatable bonds is 6. The molecule has 0 heterocycles. The predicted octanol–water partition coefficient (Wildman–Crippen LogP) is 7.64. The topological polar surface area (TPSA) is 20.2 Å². The van der Waals surface area contributed by atoms with E-state index >= 15 is 0 Å². The molecule has 0 spiro atoms. The van der Waals surface area contributed by atoms with Crippen molar-refractivity contribution in [3.63, 3.8) is 0 Å². The molecule has 1 heteroatoms. The largest absolute Gasteiger partial charge is 0.392 e. The second-order valence-corrected chi connectivity index (χ2v) is 12.6. The summed E-state index contributed by atoms with van der Waals surface area (Å²) in [5.74, 6) is 6.44. The molecule has 1 N–H and O–H groups in total. The Kier molecular flexibility index (Phi) is 6.29. The van der Waals surface area contributed by atoms with Gasteiger partial charge in [-0.05, 0) is 109 Å². The second-order valence-electron chi connectivity index (χ2n) is 12.6. The van der Waals surface area contributed by atoms with Gasteiger partial charge in [-0.1, -0.05) is 60.0 Å². The maximum absolute atomic E-state index is 9.82. The number of allylic oxidation sites excluding steroid dienone is 1. The van der Waals surface area contributed by atoms with Crippen LogP contribution in [0.25, 0.3) is 0 Å². The molecule has 1 nitrogen and oxygen atoms in total. The first-order valence-corrected chi connectivity index (χ1v) is 13.1. The molecule has 3 fully saturated rings. The van der Waals surface area contributed by atoms with Crippen LogP contribution in [0.3, 0.4) is 0 Å². The van der Waals surface area contributed by atoms with Gasteiger partial charge in [0.25, 0.3) is 0 Å². The van der Waals surface area contributed by atoms with Crippen molar-refractivity contribution in [3.05, 3.63) is 11.6 Å². The van der Waals surface area contributed by atoms with Gasteiger partial charge in [-0.15, -0.1) is 0 Å². The van der Waals surface area contributed by atoms with E-state index in [4.69, 9.17) is 0 Å². The van der Waals surface area contributed by atoms with E-state index in [1.165, 1.54) is 76.2 Å². The Morgan fingerprint density at radius 3 is 2.45 bits per heavy atom. The summed E-state index contributed by atoms with van der Waals surface area (Å²) in [7, 11) is 0. The van der Waals surface area contributed by atoms with E-state index in [0.29, 0.717) is 10.8 Å². The minimum atomic E-state index is 0.288. The Morgan fingerprint density at radius 2 is 1.72 bits per heavy atom. The van der Waals surface area contributed by atoms with E-state index in [0.717, 1.165) is 41.4 Å². The monoisotopic (exact) mass is 400 g/mol. The molecule has 3 saturated carbocycles. The van der Waals surface area contributed by atoms with Gasteiger partial charge in [0.15, 0.2) is 0 Å². The molecule has 8 atom stereocenters. The summed E-state index contributed by atoms with van der Waals surface area (Å²) in [6.07, 6.45) is 17.9. The lowest BCUT2D eigenvalue weighted by atomic mass is 9.44. The summed E-state index contributed by atoms with van der Waals surface area (Å²) >= 11 is 0. The number of hydrogen-bond acceptors (Lipinski definition) is 1. The minimum absolute atomic E-state index is 0.288. The van der Waals surface area contributed by atoms with Crippen LogP contribution < -0.4 is 0 Å². The fourth-order valence-electron chi connectivity index (χ4n) is 9.21. The Labute approximate surface area is 181 Å². The van der Waals surface area contributed by atoms with Crippen molar-refractivity contribution < 1.29 is 5.11 Å². The molecule has 0 aromatic rings. The molecule has 8 unspecified atom stereocenters. The highest BCUT2D eigenvalue weighted by molar-refractivity contribution is 5.17. The van der Waals surface area contributed by atoms with Crippen LogP contribution in [-0.4, -0.2) is 11.7 Å². The first kappa shape index (κ1) is 21.9. The van der Waals surface area contributed by atoms with Crippen molar-refractivity contribution >= 4 is 0 Å². The highest BCUT2D eigenvalue weighted by atomic mass is 16.3. The van der Waals surface area contributed by atoms with Gasteiger partial charge in [0.1, 0.15) is 0 Å². The molecule has 4 aliphatic rings. The predicted molar refractivity (Wildman–Crippen MR) is 124 cm³/mol. The van der Waals surface area contributed by atoms with Crippen molar-refractivity contribution in [1.29, 1.82) is 0 Å². The van der Waals surface area contributed by atoms with E-state index in [-0.39, 0.29) is 6.61 Å². The van der Waals surface area contributed by atoms with Crippen LogP contribution in [0.4, 0.5) is 0 Å². The highest BCUT2D eigenvalue weighted by Gasteiger charge is 2.60. The van der Waals surface area contributed by atoms with Crippen molar-refractivity contribution in [2.45, 2.75) is 105 Å². The maximum Gasteiger partial charge on any atom is 0.0641 e. The van der Waals surface area contributed by atoms with E-state index < -0.39 is 0 Å². The van der Waals surface area contributed by atoms with Crippen LogP contribution in [0.2, 0.25) is 0 Å². The van der Waals surface area contributed by atoms with E-state index in [2.05, 4.69) is 40.7 Å². The summed E-state index contributed by atoms with van der Waals surface area (Å²) in [5.41, 5.74) is 2.39. The van der Waals surface area contributed by atoms with Crippen molar-refractivity contribution in [2.75, 3.05) is 6.61 Å². The molecule has 0 amide bonds. The van der Waals surface area contributed by atoms with Gasteiger partial charge in [-0.25, -0.2) is 0 Å². The van der Waals surface area contributed by atoms with Crippen molar-refractivity contribution in [2.24, 2.45) is 52.3 Å². The average molecular weight is 401 g/mol. The van der Waals surface area contributed by atoms with Crippen LogP contribution in [0.1, 0.15) is 105 Å². The van der Waals surface area contributed by atoms with Gasteiger partial charge in [0.2, 0.25) is 0 Å². The third-order valence-corrected chi connectivity index (χ3v) is 10.8. The molecule has 0 aliphatic heterocycles. The summed E-state index contributed by atoms with van der Waals surface area (Å²) < 4.78 is 0. The Hall–Kier alpha value is -0.300. The quantitative estimate of drug-likeness (QED) is 0.454. The maximum atomic E-state index is 9.82. The molecule has 166 valence electrons. The summed E-state index contributed by atoms with van der Waals surface area (Å²) in [5, 5.41) is 9.82. The van der Waals surface area contributed by atoms with Crippen LogP contribution in [-0.2, 0) is 0 Å². The molecule has 0 saturated heterocycles. The molecular formula is C28H48O.